The third-order valence-corrected chi connectivity index (χ3v) is 8.26. The Hall–Kier alpha value is -3.09. The molecule has 0 unspecified atom stereocenters. The summed E-state index contributed by atoms with van der Waals surface area (Å²) in [7, 11) is -0.828. The lowest BCUT2D eigenvalue weighted by Crippen LogP contribution is -2.30. The molecule has 5 rings (SSSR count). The summed E-state index contributed by atoms with van der Waals surface area (Å²) < 4.78 is 6.40. The Morgan fingerprint density at radius 1 is 0.633 bits per heavy atom. The van der Waals surface area contributed by atoms with Crippen LogP contribution in [0, 0.1) is 0 Å². The quantitative estimate of drug-likeness (QED) is 0.449. The predicted molar refractivity (Wildman–Crippen MR) is 123 cm³/mol. The molecule has 0 aromatic heterocycles. The van der Waals surface area contributed by atoms with E-state index in [9.17, 15) is 5.11 Å². The van der Waals surface area contributed by atoms with E-state index in [2.05, 4.69) is 80.6 Å². The SMILES string of the molecule is CC1(C)c2cccc([O-])c2Oc2c(P(c3ccccc3)c3ccccc3)cccc21. The fourth-order valence-corrected chi connectivity index (χ4v) is 6.64. The Morgan fingerprint density at radius 2 is 1.17 bits per heavy atom. The monoisotopic (exact) mass is 409 g/mol. The smallest absolute Gasteiger partial charge is 0.139 e. The van der Waals surface area contributed by atoms with E-state index >= 15 is 0 Å². The molecule has 1 aliphatic heterocycles. The van der Waals surface area contributed by atoms with Crippen LogP contribution >= 0.6 is 7.92 Å². The Morgan fingerprint density at radius 3 is 1.77 bits per heavy atom. The largest absolute Gasteiger partial charge is 0.870 e. The number of hydrogen-bond acceptors (Lipinski definition) is 2. The summed E-state index contributed by atoms with van der Waals surface area (Å²) in [5.41, 5.74) is 1.76. The molecule has 1 aliphatic rings. The van der Waals surface area contributed by atoms with Crippen LogP contribution in [0.5, 0.6) is 17.2 Å². The molecule has 0 amide bonds. The molecule has 0 saturated carbocycles. The average Bonchev–Trinajstić information content (AvgIpc) is 2.77. The van der Waals surface area contributed by atoms with Gasteiger partial charge in [-0.1, -0.05) is 117 Å². The van der Waals surface area contributed by atoms with Crippen molar-refractivity contribution in [2.45, 2.75) is 19.3 Å². The van der Waals surface area contributed by atoms with Gasteiger partial charge in [0, 0.05) is 21.8 Å². The van der Waals surface area contributed by atoms with Crippen molar-refractivity contribution in [3.63, 3.8) is 0 Å². The lowest BCUT2D eigenvalue weighted by molar-refractivity contribution is -0.270. The lowest BCUT2D eigenvalue weighted by Gasteiger charge is -2.38. The van der Waals surface area contributed by atoms with Crippen LogP contribution in [0.4, 0.5) is 0 Å². The van der Waals surface area contributed by atoms with Crippen LogP contribution in [-0.4, -0.2) is 0 Å². The molecule has 0 spiro atoms. The Balaban J connectivity index is 1.76. The van der Waals surface area contributed by atoms with Crippen molar-refractivity contribution in [2.24, 2.45) is 0 Å². The summed E-state index contributed by atoms with van der Waals surface area (Å²) >= 11 is 0. The van der Waals surface area contributed by atoms with Crippen LogP contribution in [0.15, 0.2) is 97.1 Å². The Bertz CT molecular complexity index is 1160. The summed E-state index contributed by atoms with van der Waals surface area (Å²) in [6, 6.07) is 32.9. The third-order valence-electron chi connectivity index (χ3n) is 5.79. The molecule has 0 fully saturated rings. The van der Waals surface area contributed by atoms with E-state index in [4.69, 9.17) is 4.74 Å². The van der Waals surface area contributed by atoms with Gasteiger partial charge >= 0.3 is 0 Å². The van der Waals surface area contributed by atoms with E-state index in [0.717, 1.165) is 22.2 Å². The van der Waals surface area contributed by atoms with Gasteiger partial charge in [-0.25, -0.2) is 0 Å². The van der Waals surface area contributed by atoms with Gasteiger partial charge in [0.1, 0.15) is 11.5 Å². The van der Waals surface area contributed by atoms with Crippen molar-refractivity contribution >= 4 is 23.8 Å². The molecule has 4 aromatic rings. The molecule has 0 saturated heterocycles. The summed E-state index contributed by atoms with van der Waals surface area (Å²) in [6.07, 6.45) is 0. The highest BCUT2D eigenvalue weighted by atomic mass is 31.1. The molecule has 0 N–H and O–H groups in total. The van der Waals surface area contributed by atoms with Gasteiger partial charge in [-0.15, -0.1) is 0 Å². The second-order valence-electron chi connectivity index (χ2n) is 8.02. The summed E-state index contributed by atoms with van der Waals surface area (Å²) in [5, 5.41) is 16.3. The van der Waals surface area contributed by atoms with Gasteiger partial charge in [0.25, 0.3) is 0 Å². The zero-order chi connectivity index (χ0) is 20.7. The normalized spacial score (nSPS) is 14.0. The van der Waals surface area contributed by atoms with Crippen LogP contribution < -0.4 is 25.8 Å². The third kappa shape index (κ3) is 3.00. The minimum atomic E-state index is -0.828. The number of rotatable bonds is 3. The number of para-hydroxylation sites is 2. The van der Waals surface area contributed by atoms with Crippen molar-refractivity contribution in [3.8, 4) is 17.2 Å². The molecule has 0 aliphatic carbocycles. The van der Waals surface area contributed by atoms with E-state index in [-0.39, 0.29) is 11.2 Å². The maximum atomic E-state index is 12.7. The molecule has 1 heterocycles. The molecule has 4 aromatic carbocycles. The van der Waals surface area contributed by atoms with Gasteiger partial charge in [-0.2, -0.15) is 0 Å². The molecule has 148 valence electrons. The van der Waals surface area contributed by atoms with Gasteiger partial charge in [-0.3, -0.25) is 0 Å². The molecule has 2 nitrogen and oxygen atoms in total. The van der Waals surface area contributed by atoms with Crippen LogP contribution in [0.2, 0.25) is 0 Å². The first-order valence-electron chi connectivity index (χ1n) is 10.1. The Kier molecular flexibility index (Phi) is 4.60. The molecule has 30 heavy (non-hydrogen) atoms. The van der Waals surface area contributed by atoms with Crippen molar-refractivity contribution in [3.05, 3.63) is 108 Å². The first kappa shape index (κ1) is 18.9. The van der Waals surface area contributed by atoms with Crippen LogP contribution in [-0.2, 0) is 5.41 Å². The molecular weight excluding hydrogens is 387 g/mol. The van der Waals surface area contributed by atoms with E-state index in [0.29, 0.717) is 5.75 Å². The maximum absolute atomic E-state index is 12.7. The lowest BCUT2D eigenvalue weighted by atomic mass is 9.75. The topological polar surface area (TPSA) is 32.3 Å². The van der Waals surface area contributed by atoms with Gasteiger partial charge in [0.05, 0.1) is 0 Å². The number of fused-ring (bicyclic) bond motifs is 2. The first-order valence-corrected chi connectivity index (χ1v) is 11.4. The van der Waals surface area contributed by atoms with Gasteiger partial charge in [0.15, 0.2) is 0 Å². The highest BCUT2D eigenvalue weighted by Gasteiger charge is 2.36. The fraction of sp³-hybridized carbons (Fsp3) is 0.111. The van der Waals surface area contributed by atoms with Crippen LogP contribution in [0.25, 0.3) is 0 Å². The second-order valence-corrected chi connectivity index (χ2v) is 10.2. The Labute approximate surface area is 178 Å². The molecular formula is C27H22O2P-. The standard InChI is InChI=1S/C27H23O2P/c1-27(2)21-15-9-17-23(28)25(21)29-26-22(27)16-10-18-24(26)30(19-11-5-3-6-12-19)20-13-7-4-8-14-20/h3-18,28H,1-2H3/p-1. The second kappa shape index (κ2) is 7.31. The van der Waals surface area contributed by atoms with Gasteiger partial charge in [-0.05, 0) is 18.5 Å². The minimum Gasteiger partial charge on any atom is -0.870 e. The van der Waals surface area contributed by atoms with Crippen molar-refractivity contribution in [1.82, 2.24) is 0 Å². The van der Waals surface area contributed by atoms with E-state index < -0.39 is 7.92 Å². The first-order chi connectivity index (χ1) is 14.6. The van der Waals surface area contributed by atoms with Gasteiger partial charge in [0.2, 0.25) is 0 Å². The molecule has 0 atom stereocenters. The van der Waals surface area contributed by atoms with Crippen LogP contribution in [0.1, 0.15) is 25.0 Å². The highest BCUT2D eigenvalue weighted by Crippen LogP contribution is 2.52. The van der Waals surface area contributed by atoms with Crippen molar-refractivity contribution in [1.29, 1.82) is 0 Å². The zero-order valence-electron chi connectivity index (χ0n) is 17.0. The summed E-state index contributed by atoms with van der Waals surface area (Å²) in [4.78, 5) is 0. The fourth-order valence-electron chi connectivity index (χ4n) is 4.24. The summed E-state index contributed by atoms with van der Waals surface area (Å²) in [6.45, 7) is 4.34. The predicted octanol–water partition coefficient (Wildman–Crippen LogP) is 4.95. The average molecular weight is 409 g/mol. The highest BCUT2D eigenvalue weighted by molar-refractivity contribution is 7.80. The number of ether oxygens (including phenoxy) is 1. The molecule has 3 heteroatoms. The van der Waals surface area contributed by atoms with Crippen molar-refractivity contribution in [2.75, 3.05) is 0 Å². The van der Waals surface area contributed by atoms with Crippen LogP contribution in [0.3, 0.4) is 0 Å². The van der Waals surface area contributed by atoms with E-state index in [1.165, 1.54) is 10.6 Å². The maximum Gasteiger partial charge on any atom is 0.139 e. The number of benzene rings is 4. The minimum absolute atomic E-state index is 0.0650. The zero-order valence-corrected chi connectivity index (χ0v) is 17.9. The molecule has 0 bridgehead atoms. The summed E-state index contributed by atoms with van der Waals surface area (Å²) in [5.74, 6) is 1.22. The van der Waals surface area contributed by atoms with E-state index in [1.54, 1.807) is 6.07 Å². The van der Waals surface area contributed by atoms with Crippen molar-refractivity contribution < 1.29 is 9.84 Å². The molecule has 0 radical (unpaired) electrons. The van der Waals surface area contributed by atoms with Gasteiger partial charge < -0.3 is 9.84 Å². The number of hydrogen-bond donors (Lipinski definition) is 0. The van der Waals surface area contributed by atoms with E-state index in [1.807, 2.05) is 24.3 Å².